The van der Waals surface area contributed by atoms with Crippen molar-refractivity contribution in [2.75, 3.05) is 12.0 Å². The van der Waals surface area contributed by atoms with Gasteiger partial charge in [0.05, 0.1) is 17.6 Å². The molecule has 0 radical (unpaired) electrons. The summed E-state index contributed by atoms with van der Waals surface area (Å²) >= 11 is 0. The lowest BCUT2D eigenvalue weighted by Crippen LogP contribution is -2.38. The third-order valence-electron chi connectivity index (χ3n) is 7.04. The number of nitrogens with two attached hydrogens (primary N) is 1. The average Bonchev–Trinajstić information content (AvgIpc) is 3.41. The molecule has 3 aromatic heterocycles. The summed E-state index contributed by atoms with van der Waals surface area (Å²) in [5.74, 6) is 0.158. The Labute approximate surface area is 198 Å². The molecule has 34 heavy (non-hydrogen) atoms. The van der Waals surface area contributed by atoms with E-state index in [1.807, 2.05) is 42.5 Å². The van der Waals surface area contributed by atoms with Gasteiger partial charge < -0.3 is 11.1 Å². The molecule has 2 fully saturated rings. The van der Waals surface area contributed by atoms with E-state index in [-0.39, 0.29) is 16.6 Å². The Morgan fingerprint density at radius 2 is 1.74 bits per heavy atom. The van der Waals surface area contributed by atoms with Crippen LogP contribution >= 0.6 is 0 Å². The third kappa shape index (κ3) is 3.56. The summed E-state index contributed by atoms with van der Waals surface area (Å²) in [4.78, 5) is 9.67. The van der Waals surface area contributed by atoms with Crippen LogP contribution in [0.25, 0.3) is 28.0 Å². The maximum atomic E-state index is 12.8. The Morgan fingerprint density at radius 3 is 2.38 bits per heavy atom. The van der Waals surface area contributed by atoms with Gasteiger partial charge in [-0.2, -0.15) is 9.61 Å². The largest absolute Gasteiger partial charge is 0.382 e. The molecule has 8 nitrogen and oxygen atoms in total. The number of piperidine rings is 1. The van der Waals surface area contributed by atoms with Crippen molar-refractivity contribution in [2.24, 2.45) is 0 Å². The SMILES string of the molecule is CS(=O)(=O)c1c([C@H]2C[C@H]3CC[C@@H](C2)N3)nc2c(-c3ccc(-c4ccccc4)nc3)cnn2c1N. The van der Waals surface area contributed by atoms with E-state index >= 15 is 0 Å². The fraction of sp³-hybridized carbons (Fsp3) is 0.320. The first-order valence-corrected chi connectivity index (χ1v) is 13.4. The Kier molecular flexibility index (Phi) is 4.93. The maximum Gasteiger partial charge on any atom is 0.180 e. The van der Waals surface area contributed by atoms with Crippen LogP contribution in [-0.4, -0.2) is 46.3 Å². The molecule has 9 heteroatoms. The van der Waals surface area contributed by atoms with Crippen LogP contribution in [0.3, 0.4) is 0 Å². The first kappa shape index (κ1) is 21.2. The zero-order chi connectivity index (χ0) is 23.4. The van der Waals surface area contributed by atoms with Gasteiger partial charge in [0.1, 0.15) is 10.7 Å². The van der Waals surface area contributed by atoms with Gasteiger partial charge in [0, 0.05) is 47.1 Å². The predicted octanol–water partition coefficient (Wildman–Crippen LogP) is 3.44. The molecule has 0 saturated carbocycles. The number of nitrogens with zero attached hydrogens (tertiary/aromatic N) is 4. The second-order valence-corrected chi connectivity index (χ2v) is 11.3. The molecule has 3 atom stereocenters. The van der Waals surface area contributed by atoms with E-state index in [1.165, 1.54) is 10.8 Å². The van der Waals surface area contributed by atoms with Crippen molar-refractivity contribution in [3.63, 3.8) is 0 Å². The van der Waals surface area contributed by atoms with Crippen molar-refractivity contribution in [1.29, 1.82) is 0 Å². The highest BCUT2D eigenvalue weighted by Gasteiger charge is 2.38. The number of rotatable bonds is 4. The summed E-state index contributed by atoms with van der Waals surface area (Å²) in [5.41, 5.74) is 11.1. The fourth-order valence-corrected chi connectivity index (χ4v) is 6.55. The number of pyridine rings is 1. The zero-order valence-electron chi connectivity index (χ0n) is 18.8. The fourth-order valence-electron chi connectivity index (χ4n) is 5.49. The molecule has 2 saturated heterocycles. The number of anilines is 1. The Hall–Kier alpha value is -3.30. The first-order chi connectivity index (χ1) is 16.4. The minimum Gasteiger partial charge on any atom is -0.382 e. The second-order valence-electron chi connectivity index (χ2n) is 9.38. The predicted molar refractivity (Wildman–Crippen MR) is 131 cm³/mol. The standard InChI is InChI=1S/C25H26N6O2S/c1-34(32,33)23-22(17-11-18-8-9-19(12-17)29-18)30-25-20(14-28-31(25)24(23)26)16-7-10-21(27-13-16)15-5-3-2-4-6-15/h2-7,10,13-14,17-19,29H,8-9,11-12,26H2,1H3/t17-,18+,19-. The molecule has 0 spiro atoms. The Morgan fingerprint density at radius 1 is 1.00 bits per heavy atom. The van der Waals surface area contributed by atoms with Crippen molar-refractivity contribution < 1.29 is 8.42 Å². The van der Waals surface area contributed by atoms with E-state index in [2.05, 4.69) is 15.4 Å². The number of aromatic nitrogens is 4. The van der Waals surface area contributed by atoms with Crippen LogP contribution < -0.4 is 11.1 Å². The number of benzene rings is 1. The van der Waals surface area contributed by atoms with Crippen molar-refractivity contribution in [2.45, 2.75) is 48.6 Å². The van der Waals surface area contributed by atoms with Crippen LogP contribution in [0.4, 0.5) is 5.82 Å². The van der Waals surface area contributed by atoms with Crippen molar-refractivity contribution in [3.05, 3.63) is 60.6 Å². The summed E-state index contributed by atoms with van der Waals surface area (Å²) < 4.78 is 27.0. The summed E-state index contributed by atoms with van der Waals surface area (Å²) in [6.45, 7) is 0. The van der Waals surface area contributed by atoms with E-state index in [1.54, 1.807) is 12.4 Å². The maximum absolute atomic E-state index is 12.8. The molecule has 0 aliphatic carbocycles. The molecule has 4 aromatic rings. The molecule has 6 rings (SSSR count). The lowest BCUT2D eigenvalue weighted by atomic mass is 9.89. The number of nitrogens with one attached hydrogen (secondary N) is 1. The second kappa shape index (κ2) is 7.89. The van der Waals surface area contributed by atoms with Gasteiger partial charge in [-0.15, -0.1) is 0 Å². The first-order valence-electron chi connectivity index (χ1n) is 11.5. The van der Waals surface area contributed by atoms with Gasteiger partial charge in [-0.1, -0.05) is 36.4 Å². The number of fused-ring (bicyclic) bond motifs is 3. The van der Waals surface area contributed by atoms with Gasteiger partial charge in [-0.3, -0.25) is 4.98 Å². The zero-order valence-corrected chi connectivity index (χ0v) is 19.7. The smallest absolute Gasteiger partial charge is 0.180 e. The van der Waals surface area contributed by atoms with E-state index in [9.17, 15) is 8.42 Å². The topological polar surface area (TPSA) is 115 Å². The molecule has 2 aliphatic rings. The normalized spacial score (nSPS) is 22.3. The number of nitrogen functional groups attached to an aromatic ring is 1. The van der Waals surface area contributed by atoms with Gasteiger partial charge >= 0.3 is 0 Å². The van der Waals surface area contributed by atoms with Crippen LogP contribution in [-0.2, 0) is 9.84 Å². The lowest BCUT2D eigenvalue weighted by Gasteiger charge is -2.30. The molecule has 0 amide bonds. The summed E-state index contributed by atoms with van der Waals surface area (Å²) in [6.07, 6.45) is 8.62. The van der Waals surface area contributed by atoms with E-state index < -0.39 is 9.84 Å². The van der Waals surface area contributed by atoms with Gasteiger partial charge in [0.25, 0.3) is 0 Å². The van der Waals surface area contributed by atoms with Crippen LogP contribution in [0.5, 0.6) is 0 Å². The van der Waals surface area contributed by atoms with Gasteiger partial charge in [0.15, 0.2) is 15.5 Å². The molecular formula is C25H26N6O2S. The summed E-state index contributed by atoms with van der Waals surface area (Å²) in [6, 6.07) is 14.7. The van der Waals surface area contributed by atoms with Crippen molar-refractivity contribution >= 4 is 21.3 Å². The molecule has 0 unspecified atom stereocenters. The minimum atomic E-state index is -3.59. The van der Waals surface area contributed by atoms with Crippen molar-refractivity contribution in [1.82, 2.24) is 24.9 Å². The van der Waals surface area contributed by atoms with E-state index in [0.717, 1.165) is 48.1 Å². The van der Waals surface area contributed by atoms with Crippen LogP contribution in [0.1, 0.15) is 37.3 Å². The number of hydrogen-bond donors (Lipinski definition) is 2. The van der Waals surface area contributed by atoms with Crippen LogP contribution in [0.15, 0.2) is 59.8 Å². The quantitative estimate of drug-likeness (QED) is 0.465. The summed E-state index contributed by atoms with van der Waals surface area (Å²) in [7, 11) is -3.59. The highest BCUT2D eigenvalue weighted by molar-refractivity contribution is 7.91. The average molecular weight is 475 g/mol. The number of sulfone groups is 1. The molecule has 5 heterocycles. The molecule has 1 aromatic carbocycles. The van der Waals surface area contributed by atoms with Crippen LogP contribution in [0.2, 0.25) is 0 Å². The summed E-state index contributed by atoms with van der Waals surface area (Å²) in [5, 5.41) is 8.02. The van der Waals surface area contributed by atoms with Crippen molar-refractivity contribution in [3.8, 4) is 22.4 Å². The van der Waals surface area contributed by atoms with E-state index in [0.29, 0.717) is 23.4 Å². The molecule has 2 bridgehead atoms. The number of hydrogen-bond acceptors (Lipinski definition) is 7. The third-order valence-corrected chi connectivity index (χ3v) is 8.20. The monoisotopic (exact) mass is 474 g/mol. The highest BCUT2D eigenvalue weighted by atomic mass is 32.2. The lowest BCUT2D eigenvalue weighted by molar-refractivity contribution is 0.355. The highest BCUT2D eigenvalue weighted by Crippen LogP contribution is 2.41. The molecule has 2 aliphatic heterocycles. The molecule has 174 valence electrons. The molecule has 3 N–H and O–H groups in total. The van der Waals surface area contributed by atoms with Gasteiger partial charge in [0.2, 0.25) is 0 Å². The van der Waals surface area contributed by atoms with Gasteiger partial charge in [-0.05, 0) is 31.7 Å². The Balaban J connectivity index is 1.48. The van der Waals surface area contributed by atoms with E-state index in [4.69, 9.17) is 10.7 Å². The minimum absolute atomic E-state index is 0.0390. The van der Waals surface area contributed by atoms with Gasteiger partial charge in [-0.25, -0.2) is 13.4 Å². The molecular weight excluding hydrogens is 448 g/mol. The van der Waals surface area contributed by atoms with Crippen LogP contribution in [0, 0.1) is 0 Å². The Bertz CT molecular complexity index is 1470.